The zero-order chi connectivity index (χ0) is 60.7. The molecule has 1 aromatic rings. The van der Waals surface area contributed by atoms with E-state index < -0.39 is 270 Å². The molecule has 482 valence electrons. The molecule has 0 spiro atoms. The molecule has 0 aliphatic carbocycles. The minimum absolute atomic E-state index is 0.00528. The van der Waals surface area contributed by atoms with Gasteiger partial charge in [0.15, 0.2) is 18.9 Å². The molecule has 0 saturated carbocycles. The summed E-state index contributed by atoms with van der Waals surface area (Å²) in [6.45, 7) is -4.32. The van der Waals surface area contributed by atoms with Gasteiger partial charge in [0.25, 0.3) is 0 Å². The third-order valence-electron chi connectivity index (χ3n) is 16.0. The van der Waals surface area contributed by atoms with E-state index in [0.29, 0.717) is 0 Å². The van der Waals surface area contributed by atoms with Gasteiger partial charge < -0.3 is 84.6 Å². The molecule has 21 aliphatic rings. The Balaban J connectivity index is 1.02. The molecular formula is C49H76O34Se. The quantitative estimate of drug-likeness (QED) is 0.102. The standard InChI is InChI=1S/C49H76O34Se/c1-13-3-2-4-14(5-13)84-12-21-42-28(62)35(69)49(76-21)82-41-20(11-55)74-47(33(67)26(41)60)80-39-18(9-53)72-45(31(65)24(39)58)78-37-16(7-51)70-43(29(63)22(37)56)77-36-15(6-50)71-44(30(64)23(36)57)79-38-17(8-52)73-46(32(66)25(38)59)81-40-19(10-54)75-48(83-42)34(68)27(40)61/h2-5,15-69H,6-12H2,1H3/t15-,16-,17-,18-,19-,20-,21-,22-,23-,24-,25-,26-,27-,28-,29-,30-,31-,32-,33-,34-,35-,36-,37-,38-,39-,40-,41-,42-,43-,44-,45-,46-,47-,48-,49-/m1/s1. The molecule has 20 N–H and O–H groups in total. The predicted molar refractivity (Wildman–Crippen MR) is 263 cm³/mol. The summed E-state index contributed by atoms with van der Waals surface area (Å²) in [6, 6.07) is 7.31. The van der Waals surface area contributed by atoms with Crippen molar-refractivity contribution in [2.45, 2.75) is 227 Å². The third-order valence-corrected chi connectivity index (χ3v) is 18.3. The van der Waals surface area contributed by atoms with Crippen molar-refractivity contribution in [3.05, 3.63) is 29.8 Å². The molecule has 21 aliphatic heterocycles. The van der Waals surface area contributed by atoms with E-state index in [4.69, 9.17) is 66.3 Å². The van der Waals surface area contributed by atoms with Crippen LogP contribution in [-0.2, 0) is 66.3 Å². The molecule has 1 aromatic carbocycles. The van der Waals surface area contributed by atoms with Gasteiger partial charge in [0.2, 0.25) is 0 Å². The fraction of sp³-hybridized carbons (Fsp3) is 0.878. The summed E-state index contributed by atoms with van der Waals surface area (Å²) in [6.07, 6.45) is -68.7. The van der Waals surface area contributed by atoms with Crippen molar-refractivity contribution < 1.29 is 168 Å². The molecule has 35 atom stereocenters. The first kappa shape index (κ1) is 66.8. The van der Waals surface area contributed by atoms with Gasteiger partial charge >= 0.3 is 294 Å². The van der Waals surface area contributed by atoms with Gasteiger partial charge in [-0.1, -0.05) is 0 Å². The first-order valence-corrected chi connectivity index (χ1v) is 29.2. The molecule has 14 bridgehead atoms. The number of aryl methyl sites for hydroxylation is 1. The number of hydrogen-bond acceptors (Lipinski definition) is 34. The van der Waals surface area contributed by atoms with Gasteiger partial charge in [-0.05, 0) is 0 Å². The molecule has 35 heteroatoms. The molecule has 21 saturated heterocycles. The predicted octanol–water partition coefficient (Wildman–Crippen LogP) is -13.5. The molecule has 0 aromatic heterocycles. The number of ether oxygens (including phenoxy) is 14. The Hall–Kier alpha value is -1.62. The molecule has 0 amide bonds. The van der Waals surface area contributed by atoms with Crippen LogP contribution in [0.5, 0.6) is 0 Å². The van der Waals surface area contributed by atoms with Gasteiger partial charge in [0.05, 0.1) is 26.4 Å². The fourth-order valence-electron chi connectivity index (χ4n) is 11.3. The Morgan fingerprint density at radius 1 is 0.286 bits per heavy atom. The number of aliphatic hydroxyl groups is 20. The Kier molecular flexibility index (Phi) is 22.8. The van der Waals surface area contributed by atoms with Crippen LogP contribution < -0.4 is 4.46 Å². The van der Waals surface area contributed by atoms with Gasteiger partial charge in [-0.2, -0.15) is 0 Å². The van der Waals surface area contributed by atoms with Crippen LogP contribution in [0.2, 0.25) is 5.32 Å². The summed E-state index contributed by atoms with van der Waals surface area (Å²) in [5.74, 6) is 0. The second kappa shape index (κ2) is 28.7. The van der Waals surface area contributed by atoms with E-state index in [-0.39, 0.29) is 5.32 Å². The average molecular weight is 1290 g/mol. The van der Waals surface area contributed by atoms with Crippen LogP contribution in [0.25, 0.3) is 0 Å². The van der Waals surface area contributed by atoms with Crippen molar-refractivity contribution in [2.75, 3.05) is 39.6 Å². The first-order chi connectivity index (χ1) is 40.1. The number of rotatable bonds is 9. The summed E-state index contributed by atoms with van der Waals surface area (Å²) in [7, 11) is 0. The van der Waals surface area contributed by atoms with Gasteiger partial charge in [0.1, 0.15) is 61.0 Å². The Morgan fingerprint density at radius 3 is 0.690 bits per heavy atom. The van der Waals surface area contributed by atoms with Gasteiger partial charge in [-0.25, -0.2) is 0 Å². The van der Waals surface area contributed by atoms with Crippen molar-refractivity contribution in [3.63, 3.8) is 0 Å². The van der Waals surface area contributed by atoms with Crippen molar-refractivity contribution in [1.29, 1.82) is 0 Å². The van der Waals surface area contributed by atoms with Crippen molar-refractivity contribution in [1.82, 2.24) is 0 Å². The fourth-order valence-corrected chi connectivity index (χ4v) is 13.5. The molecular weight excluding hydrogens is 1210 g/mol. The molecule has 22 rings (SSSR count). The molecule has 34 nitrogen and oxygen atoms in total. The van der Waals surface area contributed by atoms with Gasteiger partial charge in [-0.3, -0.25) is 0 Å². The summed E-state index contributed by atoms with van der Waals surface area (Å²) in [5.41, 5.74) is 0.889. The topological polar surface area (TPSA) is 534 Å². The number of hydrogen-bond donors (Lipinski definition) is 20. The van der Waals surface area contributed by atoms with Crippen LogP contribution in [0.15, 0.2) is 24.3 Å². The zero-order valence-electron chi connectivity index (χ0n) is 44.5. The second-order valence-electron chi connectivity index (χ2n) is 21.6. The van der Waals surface area contributed by atoms with E-state index in [0.717, 1.165) is 10.0 Å². The Bertz CT molecular complexity index is 2200. The summed E-state index contributed by atoms with van der Waals surface area (Å²) < 4.78 is 82.5. The van der Waals surface area contributed by atoms with E-state index in [2.05, 4.69) is 0 Å². The molecule has 21 heterocycles. The maximum atomic E-state index is 11.8. The minimum atomic E-state index is -2.20. The van der Waals surface area contributed by atoms with Crippen LogP contribution in [-0.4, -0.2) is 372 Å². The van der Waals surface area contributed by atoms with Gasteiger partial charge in [0, 0.05) is 0 Å². The first-order valence-electron chi connectivity index (χ1n) is 27.1. The normalized spacial score (nSPS) is 51.7. The average Bonchev–Trinajstić information content (AvgIpc) is 2.94. The maximum absolute atomic E-state index is 11.8. The third kappa shape index (κ3) is 13.5. The van der Waals surface area contributed by atoms with Crippen LogP contribution >= 0.6 is 0 Å². The Morgan fingerprint density at radius 2 is 0.488 bits per heavy atom. The summed E-state index contributed by atoms with van der Waals surface area (Å²) in [5, 5.41) is 224. The van der Waals surface area contributed by atoms with Crippen molar-refractivity contribution in [2.24, 2.45) is 0 Å². The number of benzene rings is 1. The van der Waals surface area contributed by atoms with Crippen LogP contribution in [0.1, 0.15) is 5.56 Å². The van der Waals surface area contributed by atoms with E-state index in [9.17, 15) is 102 Å². The van der Waals surface area contributed by atoms with E-state index in [1.54, 1.807) is 6.07 Å². The monoisotopic (exact) mass is 1290 g/mol. The zero-order valence-corrected chi connectivity index (χ0v) is 46.2. The summed E-state index contributed by atoms with van der Waals surface area (Å²) in [4.78, 5) is 0. The SMILES string of the molecule is Cc1cccc([Se]C[C@H]2O[C@@H]3O[C@H]4[C@H](O)[C@@H](O)[C@@H](O[C@H]5[C@H](O)[C@@H](O)[C@@H](O[C@H]6[C@H](O)[C@@H](O)[C@@H](O[C@H]7[C@H](O)[C@@H](O)[C@@H](O[C@H]8[C@H](O)[C@@H](O)[C@@H](O[C@H]9[C@H](O)[C@@H](O)[C@@H](O[C@H]2[C@H](O)[C@H]3O)O[C@@H]9CO)O[C@@H]8CO)O[C@@H]7CO)O[C@@H]6CO)O[C@@H]5CO)O[C@@H]4CO)c1. The van der Waals surface area contributed by atoms with Crippen LogP contribution in [0.3, 0.4) is 0 Å². The molecule has 21 fully saturated rings. The van der Waals surface area contributed by atoms with Crippen molar-refractivity contribution in [3.8, 4) is 0 Å². The molecule has 84 heavy (non-hydrogen) atoms. The van der Waals surface area contributed by atoms with E-state index in [1.807, 2.05) is 25.1 Å². The van der Waals surface area contributed by atoms with Crippen LogP contribution in [0, 0.1) is 6.92 Å². The van der Waals surface area contributed by atoms with E-state index >= 15 is 0 Å². The Labute approximate surface area is 483 Å². The second-order valence-corrected chi connectivity index (χ2v) is 23.9. The van der Waals surface area contributed by atoms with Crippen LogP contribution in [0.4, 0.5) is 0 Å². The molecule has 0 radical (unpaired) electrons. The molecule has 0 unspecified atom stereocenters. The number of aliphatic hydroxyl groups excluding tert-OH is 20. The van der Waals surface area contributed by atoms with Gasteiger partial charge in [-0.15, -0.1) is 0 Å². The summed E-state index contributed by atoms with van der Waals surface area (Å²) >= 11 is -0.524. The van der Waals surface area contributed by atoms with Crippen molar-refractivity contribution >= 4 is 19.4 Å². The van der Waals surface area contributed by atoms with E-state index in [1.165, 1.54) is 0 Å².